The van der Waals surface area contributed by atoms with Gasteiger partial charge in [-0.2, -0.15) is 0 Å². The van der Waals surface area contributed by atoms with E-state index in [0.29, 0.717) is 40.9 Å². The van der Waals surface area contributed by atoms with E-state index in [1.54, 1.807) is 24.3 Å². The van der Waals surface area contributed by atoms with Crippen molar-refractivity contribution in [1.29, 1.82) is 0 Å². The van der Waals surface area contributed by atoms with Gasteiger partial charge in [0.05, 0.1) is 16.4 Å². The quantitative estimate of drug-likeness (QED) is 0.460. The third kappa shape index (κ3) is 4.19. The molecule has 0 saturated carbocycles. The maximum absolute atomic E-state index is 12.0. The Balaban J connectivity index is 1.59. The van der Waals surface area contributed by atoms with Crippen molar-refractivity contribution in [3.05, 3.63) is 62.7 Å². The summed E-state index contributed by atoms with van der Waals surface area (Å²) in [5, 5.41) is 11.0. The van der Waals surface area contributed by atoms with Crippen LogP contribution in [0.1, 0.15) is 11.1 Å². The van der Waals surface area contributed by atoms with Crippen LogP contribution in [0.3, 0.4) is 0 Å². The second-order valence-electron chi connectivity index (χ2n) is 5.36. The van der Waals surface area contributed by atoms with Crippen LogP contribution in [-0.2, 0) is 22.6 Å². The van der Waals surface area contributed by atoms with E-state index in [0.717, 1.165) is 0 Å². The van der Waals surface area contributed by atoms with Crippen molar-refractivity contribution in [2.45, 2.75) is 13.0 Å². The molecule has 0 fully saturated rings. The minimum atomic E-state index is -0.485. The van der Waals surface area contributed by atoms with Crippen LogP contribution in [0.25, 0.3) is 0 Å². The number of nitro groups is 1. The second-order valence-corrected chi connectivity index (χ2v) is 5.77. The van der Waals surface area contributed by atoms with Crippen LogP contribution in [0.2, 0.25) is 5.02 Å². The van der Waals surface area contributed by atoms with Gasteiger partial charge in [-0.1, -0.05) is 11.6 Å². The first kappa shape index (κ1) is 17.0. The highest BCUT2D eigenvalue weighted by Crippen LogP contribution is 2.38. The maximum atomic E-state index is 12.0. The number of fused-ring (bicyclic) bond motifs is 1. The lowest BCUT2D eigenvalue weighted by Gasteiger charge is -2.20. The van der Waals surface area contributed by atoms with Crippen LogP contribution in [0.15, 0.2) is 36.4 Å². The summed E-state index contributed by atoms with van der Waals surface area (Å²) in [7, 11) is 0. The smallest absolute Gasteiger partial charge is 0.310 e. The molecule has 0 aromatic heterocycles. The second kappa shape index (κ2) is 7.40. The first-order valence-electron chi connectivity index (χ1n) is 7.50. The molecule has 7 nitrogen and oxygen atoms in total. The molecule has 1 heterocycles. The third-order valence-electron chi connectivity index (χ3n) is 3.55. The van der Waals surface area contributed by atoms with Gasteiger partial charge < -0.3 is 14.2 Å². The van der Waals surface area contributed by atoms with E-state index < -0.39 is 10.9 Å². The summed E-state index contributed by atoms with van der Waals surface area (Å²) in [5.41, 5.74) is 1.31. The number of nitro benzene ring substituents is 1. The molecule has 0 N–H and O–H groups in total. The average Bonchev–Trinajstić information content (AvgIpc) is 2.60. The molecular weight excluding hydrogens is 350 g/mol. The Kier molecular flexibility index (Phi) is 5.04. The molecule has 0 aliphatic carbocycles. The molecule has 0 unspecified atom stereocenters. The van der Waals surface area contributed by atoms with E-state index in [-0.39, 0.29) is 18.7 Å². The standard InChI is InChI=1S/C17H14ClNO6/c18-14-7-12(8-15-17(14)24-6-5-23-15)9-16(20)25-10-11-1-3-13(4-2-11)19(21)22/h1-4,7-8H,5-6,9-10H2. The monoisotopic (exact) mass is 363 g/mol. The number of esters is 1. The third-order valence-corrected chi connectivity index (χ3v) is 3.83. The molecule has 0 radical (unpaired) electrons. The van der Waals surface area contributed by atoms with Gasteiger partial charge in [-0.15, -0.1) is 0 Å². The number of nitrogens with zero attached hydrogens (tertiary/aromatic N) is 1. The fourth-order valence-corrected chi connectivity index (χ4v) is 2.65. The summed E-state index contributed by atoms with van der Waals surface area (Å²) >= 11 is 6.13. The van der Waals surface area contributed by atoms with Gasteiger partial charge in [0.2, 0.25) is 0 Å². The zero-order valence-electron chi connectivity index (χ0n) is 13.1. The number of non-ortho nitro benzene ring substituents is 1. The van der Waals surface area contributed by atoms with Crippen molar-refractivity contribution < 1.29 is 23.9 Å². The normalized spacial score (nSPS) is 12.5. The Morgan fingerprint density at radius 1 is 1.16 bits per heavy atom. The Bertz CT molecular complexity index is 806. The van der Waals surface area contributed by atoms with Crippen molar-refractivity contribution in [2.24, 2.45) is 0 Å². The van der Waals surface area contributed by atoms with Gasteiger partial charge in [-0.3, -0.25) is 14.9 Å². The first-order chi connectivity index (χ1) is 12.0. The zero-order chi connectivity index (χ0) is 17.8. The van der Waals surface area contributed by atoms with Gasteiger partial charge in [-0.25, -0.2) is 0 Å². The lowest BCUT2D eigenvalue weighted by Crippen LogP contribution is -2.16. The lowest BCUT2D eigenvalue weighted by atomic mass is 10.1. The highest BCUT2D eigenvalue weighted by atomic mass is 35.5. The van der Waals surface area contributed by atoms with Crippen molar-refractivity contribution in [3.63, 3.8) is 0 Å². The molecule has 8 heteroatoms. The molecule has 0 bridgehead atoms. The molecule has 0 amide bonds. The summed E-state index contributed by atoms with van der Waals surface area (Å²) in [5.74, 6) is 0.555. The fraction of sp³-hybridized carbons (Fsp3) is 0.235. The van der Waals surface area contributed by atoms with E-state index in [2.05, 4.69) is 0 Å². The number of ether oxygens (including phenoxy) is 3. The summed E-state index contributed by atoms with van der Waals surface area (Å²) in [4.78, 5) is 22.1. The number of carbonyl (C=O) groups excluding carboxylic acids is 1. The zero-order valence-corrected chi connectivity index (χ0v) is 13.8. The van der Waals surface area contributed by atoms with E-state index in [1.807, 2.05) is 0 Å². The van der Waals surface area contributed by atoms with Crippen LogP contribution >= 0.6 is 11.6 Å². The Hall–Kier alpha value is -2.80. The average molecular weight is 364 g/mol. The van der Waals surface area contributed by atoms with Gasteiger partial charge in [0.15, 0.2) is 11.5 Å². The molecule has 0 saturated heterocycles. The Morgan fingerprint density at radius 3 is 2.60 bits per heavy atom. The number of hydrogen-bond acceptors (Lipinski definition) is 6. The van der Waals surface area contributed by atoms with Gasteiger partial charge in [-0.05, 0) is 35.4 Å². The van der Waals surface area contributed by atoms with E-state index >= 15 is 0 Å². The van der Waals surface area contributed by atoms with Crippen LogP contribution in [0.4, 0.5) is 5.69 Å². The largest absolute Gasteiger partial charge is 0.486 e. The van der Waals surface area contributed by atoms with Crippen molar-refractivity contribution in [1.82, 2.24) is 0 Å². The fourth-order valence-electron chi connectivity index (χ4n) is 2.36. The Morgan fingerprint density at radius 2 is 1.88 bits per heavy atom. The summed E-state index contributed by atoms with van der Waals surface area (Å²) in [6, 6.07) is 9.17. The van der Waals surface area contributed by atoms with Crippen molar-refractivity contribution >= 4 is 23.3 Å². The summed E-state index contributed by atoms with van der Waals surface area (Å²) in [6.07, 6.45) is 0.0311. The SMILES string of the molecule is O=C(Cc1cc(Cl)c2c(c1)OCCO2)OCc1ccc([N+](=O)[O-])cc1. The molecule has 0 atom stereocenters. The van der Waals surface area contributed by atoms with E-state index in [4.69, 9.17) is 25.8 Å². The van der Waals surface area contributed by atoms with Crippen LogP contribution in [0.5, 0.6) is 11.5 Å². The summed E-state index contributed by atoms with van der Waals surface area (Å²) < 4.78 is 16.1. The number of halogens is 1. The molecule has 25 heavy (non-hydrogen) atoms. The predicted octanol–water partition coefficient (Wildman–Crippen LogP) is 3.31. The van der Waals surface area contributed by atoms with Gasteiger partial charge >= 0.3 is 5.97 Å². The van der Waals surface area contributed by atoms with E-state index in [9.17, 15) is 14.9 Å². The first-order valence-corrected chi connectivity index (χ1v) is 7.87. The Labute approximate surface area is 148 Å². The van der Waals surface area contributed by atoms with Crippen LogP contribution in [0, 0.1) is 10.1 Å². The maximum Gasteiger partial charge on any atom is 0.310 e. The van der Waals surface area contributed by atoms with Crippen LogP contribution in [-0.4, -0.2) is 24.1 Å². The van der Waals surface area contributed by atoms with Crippen molar-refractivity contribution in [2.75, 3.05) is 13.2 Å². The van der Waals surface area contributed by atoms with Crippen LogP contribution < -0.4 is 9.47 Å². The summed E-state index contributed by atoms with van der Waals surface area (Å²) in [6.45, 7) is 0.899. The minimum absolute atomic E-state index is 0.0130. The molecular formula is C17H14ClNO6. The lowest BCUT2D eigenvalue weighted by molar-refractivity contribution is -0.384. The van der Waals surface area contributed by atoms with Gasteiger partial charge in [0.1, 0.15) is 19.8 Å². The number of benzene rings is 2. The highest BCUT2D eigenvalue weighted by molar-refractivity contribution is 6.32. The number of hydrogen-bond donors (Lipinski definition) is 0. The highest BCUT2D eigenvalue weighted by Gasteiger charge is 2.18. The van der Waals surface area contributed by atoms with Gasteiger partial charge in [0, 0.05) is 12.1 Å². The number of carbonyl (C=O) groups is 1. The number of rotatable bonds is 5. The molecule has 3 rings (SSSR count). The molecule has 0 spiro atoms. The predicted molar refractivity (Wildman–Crippen MR) is 89.0 cm³/mol. The van der Waals surface area contributed by atoms with Crippen molar-refractivity contribution in [3.8, 4) is 11.5 Å². The van der Waals surface area contributed by atoms with E-state index in [1.165, 1.54) is 12.1 Å². The molecule has 1 aliphatic heterocycles. The topological polar surface area (TPSA) is 87.9 Å². The molecule has 2 aromatic carbocycles. The molecule has 130 valence electrons. The molecule has 1 aliphatic rings. The van der Waals surface area contributed by atoms with Gasteiger partial charge in [0.25, 0.3) is 5.69 Å². The minimum Gasteiger partial charge on any atom is -0.486 e. The molecule has 2 aromatic rings.